The van der Waals surface area contributed by atoms with Crippen LogP contribution in [0.4, 0.5) is 17.6 Å². The lowest BCUT2D eigenvalue weighted by atomic mass is 10.1. The molecule has 0 fully saturated rings. The van der Waals surface area contributed by atoms with Gasteiger partial charge in [0.15, 0.2) is 0 Å². The Morgan fingerprint density at radius 3 is 2.24 bits per heavy atom. The summed E-state index contributed by atoms with van der Waals surface area (Å²) >= 11 is 0. The van der Waals surface area contributed by atoms with Gasteiger partial charge in [0.2, 0.25) is 0 Å². The van der Waals surface area contributed by atoms with E-state index in [1.807, 2.05) is 0 Å². The quantitative estimate of drug-likeness (QED) is 0.744. The number of hydrogen-bond acceptors (Lipinski definition) is 2. The van der Waals surface area contributed by atoms with Crippen LogP contribution in [0.3, 0.4) is 0 Å². The number of rotatable bonds is 2. The number of nitriles is 1. The van der Waals surface area contributed by atoms with Gasteiger partial charge in [0.05, 0.1) is 17.2 Å². The molecule has 0 aliphatic carbocycles. The molecule has 0 atom stereocenters. The van der Waals surface area contributed by atoms with E-state index in [-0.39, 0.29) is 11.5 Å². The summed E-state index contributed by atoms with van der Waals surface area (Å²) in [6.45, 7) is 1.52. The highest BCUT2D eigenvalue weighted by Gasteiger charge is 2.34. The summed E-state index contributed by atoms with van der Waals surface area (Å²) in [5.74, 6) is -0.294. The zero-order valence-electron chi connectivity index (χ0n) is 10.8. The molecule has 0 saturated heterocycles. The molecule has 0 aliphatic rings. The maximum absolute atomic E-state index is 13.1. The van der Waals surface area contributed by atoms with Crippen LogP contribution >= 0.6 is 0 Å². The van der Waals surface area contributed by atoms with Crippen LogP contribution in [0.5, 0.6) is 11.5 Å². The molecule has 0 heterocycles. The van der Waals surface area contributed by atoms with E-state index in [1.54, 1.807) is 0 Å². The first-order valence-corrected chi connectivity index (χ1v) is 5.86. The fourth-order valence-electron chi connectivity index (χ4n) is 1.74. The van der Waals surface area contributed by atoms with Gasteiger partial charge < -0.3 is 4.74 Å². The molecule has 0 radical (unpaired) electrons. The lowest BCUT2D eigenvalue weighted by Gasteiger charge is -2.12. The minimum absolute atomic E-state index is 0.0765. The summed E-state index contributed by atoms with van der Waals surface area (Å²) in [6.07, 6.45) is -4.65. The van der Waals surface area contributed by atoms with Gasteiger partial charge >= 0.3 is 6.18 Å². The smallest absolute Gasteiger partial charge is 0.417 e. The van der Waals surface area contributed by atoms with E-state index >= 15 is 0 Å². The average Bonchev–Trinajstić information content (AvgIpc) is 2.42. The predicted octanol–water partition coefficient (Wildman–Crippen LogP) is 4.82. The Hall–Kier alpha value is -2.55. The van der Waals surface area contributed by atoms with E-state index in [0.29, 0.717) is 5.56 Å². The average molecular weight is 295 g/mol. The number of hydrogen-bond donors (Lipinski definition) is 0. The Balaban J connectivity index is 2.37. The number of aryl methyl sites for hydroxylation is 1. The zero-order valence-corrected chi connectivity index (χ0v) is 10.8. The second kappa shape index (κ2) is 5.44. The largest absolute Gasteiger partial charge is 0.457 e. The van der Waals surface area contributed by atoms with Gasteiger partial charge in [-0.25, -0.2) is 4.39 Å². The van der Waals surface area contributed by atoms with E-state index in [1.165, 1.54) is 37.3 Å². The van der Waals surface area contributed by atoms with Crippen molar-refractivity contribution in [3.63, 3.8) is 0 Å². The molecule has 0 amide bonds. The van der Waals surface area contributed by atoms with Gasteiger partial charge in [0.1, 0.15) is 17.3 Å². The molecule has 0 aromatic heterocycles. The van der Waals surface area contributed by atoms with Crippen LogP contribution in [0.15, 0.2) is 36.4 Å². The highest BCUT2D eigenvalue weighted by Crippen LogP contribution is 2.35. The van der Waals surface area contributed by atoms with Crippen molar-refractivity contribution in [1.29, 1.82) is 5.26 Å². The second-order valence-electron chi connectivity index (χ2n) is 4.33. The molecule has 2 aromatic carbocycles. The van der Waals surface area contributed by atoms with E-state index in [2.05, 4.69) is 0 Å². The predicted molar refractivity (Wildman–Crippen MR) is 67.4 cm³/mol. The van der Waals surface area contributed by atoms with E-state index in [9.17, 15) is 17.6 Å². The SMILES string of the molecule is Cc1cc(Oc2ccc(C#N)c(C(F)(F)F)c2)ccc1F. The number of benzene rings is 2. The van der Waals surface area contributed by atoms with Crippen molar-refractivity contribution in [3.8, 4) is 17.6 Å². The van der Waals surface area contributed by atoms with Crippen LogP contribution in [0.1, 0.15) is 16.7 Å². The maximum atomic E-state index is 13.1. The minimum atomic E-state index is -4.65. The first kappa shape index (κ1) is 14.9. The molecular weight excluding hydrogens is 286 g/mol. The van der Waals surface area contributed by atoms with Crippen LogP contribution in [-0.2, 0) is 6.18 Å². The first-order chi connectivity index (χ1) is 9.81. The molecule has 108 valence electrons. The van der Waals surface area contributed by atoms with Gasteiger partial charge in [-0.2, -0.15) is 18.4 Å². The summed E-state index contributed by atoms with van der Waals surface area (Å²) in [5.41, 5.74) is -1.23. The van der Waals surface area contributed by atoms with Crippen LogP contribution in [0.25, 0.3) is 0 Å². The lowest BCUT2D eigenvalue weighted by molar-refractivity contribution is -0.137. The van der Waals surface area contributed by atoms with Crippen LogP contribution in [0.2, 0.25) is 0 Å². The lowest BCUT2D eigenvalue weighted by Crippen LogP contribution is -2.07. The van der Waals surface area contributed by atoms with Crippen LogP contribution in [-0.4, -0.2) is 0 Å². The van der Waals surface area contributed by atoms with E-state index in [0.717, 1.165) is 12.1 Å². The summed E-state index contributed by atoms with van der Waals surface area (Å²) in [4.78, 5) is 0. The van der Waals surface area contributed by atoms with Gasteiger partial charge in [-0.05, 0) is 48.9 Å². The van der Waals surface area contributed by atoms with Crippen LogP contribution in [0, 0.1) is 24.1 Å². The van der Waals surface area contributed by atoms with Gasteiger partial charge in [-0.15, -0.1) is 0 Å². The summed E-state index contributed by atoms with van der Waals surface area (Å²) in [6, 6.07) is 8.38. The maximum Gasteiger partial charge on any atom is 0.417 e. The molecule has 2 aromatic rings. The molecular formula is C15H9F4NO. The standard InChI is InChI=1S/C15H9F4NO/c1-9-6-11(4-5-14(9)16)21-12-3-2-10(8-20)13(7-12)15(17,18)19/h2-7H,1H3. The van der Waals surface area contributed by atoms with Gasteiger partial charge in [0, 0.05) is 0 Å². The van der Waals surface area contributed by atoms with Gasteiger partial charge in [0.25, 0.3) is 0 Å². The third-order valence-electron chi connectivity index (χ3n) is 2.78. The number of nitrogens with zero attached hydrogens (tertiary/aromatic N) is 1. The Bertz CT molecular complexity index is 717. The third-order valence-corrected chi connectivity index (χ3v) is 2.78. The summed E-state index contributed by atoms with van der Waals surface area (Å²) < 4.78 is 56.8. The number of halogens is 4. The Morgan fingerprint density at radius 2 is 1.67 bits per heavy atom. The molecule has 0 N–H and O–H groups in total. The van der Waals surface area contributed by atoms with Crippen molar-refractivity contribution < 1.29 is 22.3 Å². The van der Waals surface area contributed by atoms with Crippen molar-refractivity contribution >= 4 is 0 Å². The Kier molecular flexibility index (Phi) is 3.85. The highest BCUT2D eigenvalue weighted by molar-refractivity contribution is 5.45. The highest BCUT2D eigenvalue weighted by atomic mass is 19.4. The number of ether oxygens (including phenoxy) is 1. The van der Waals surface area contributed by atoms with Crippen molar-refractivity contribution in [1.82, 2.24) is 0 Å². The monoisotopic (exact) mass is 295 g/mol. The van der Waals surface area contributed by atoms with Crippen molar-refractivity contribution in [3.05, 3.63) is 58.9 Å². The minimum Gasteiger partial charge on any atom is -0.457 e. The van der Waals surface area contributed by atoms with Crippen molar-refractivity contribution in [2.24, 2.45) is 0 Å². The summed E-state index contributed by atoms with van der Waals surface area (Å²) in [5, 5.41) is 8.70. The third kappa shape index (κ3) is 3.31. The fraction of sp³-hybridized carbons (Fsp3) is 0.133. The molecule has 0 unspecified atom stereocenters. The molecule has 0 aliphatic heterocycles. The van der Waals surface area contributed by atoms with Gasteiger partial charge in [-0.3, -0.25) is 0 Å². The molecule has 0 spiro atoms. The van der Waals surface area contributed by atoms with Crippen molar-refractivity contribution in [2.75, 3.05) is 0 Å². The molecule has 2 nitrogen and oxygen atoms in total. The first-order valence-electron chi connectivity index (χ1n) is 5.86. The van der Waals surface area contributed by atoms with Crippen molar-refractivity contribution in [2.45, 2.75) is 13.1 Å². The van der Waals surface area contributed by atoms with Crippen LogP contribution < -0.4 is 4.74 Å². The molecule has 6 heteroatoms. The van der Waals surface area contributed by atoms with E-state index in [4.69, 9.17) is 10.00 Å². The topological polar surface area (TPSA) is 33.0 Å². The Labute approximate surface area is 118 Å². The second-order valence-corrected chi connectivity index (χ2v) is 4.33. The molecule has 21 heavy (non-hydrogen) atoms. The molecule has 0 bridgehead atoms. The fourth-order valence-corrected chi connectivity index (χ4v) is 1.74. The van der Waals surface area contributed by atoms with E-state index < -0.39 is 23.1 Å². The molecule has 2 rings (SSSR count). The normalized spacial score (nSPS) is 11.0. The zero-order chi connectivity index (χ0) is 15.6. The number of alkyl halides is 3. The van der Waals surface area contributed by atoms with Gasteiger partial charge in [-0.1, -0.05) is 0 Å². The molecule has 0 saturated carbocycles. The summed E-state index contributed by atoms with van der Waals surface area (Å²) in [7, 11) is 0. The Morgan fingerprint density at radius 1 is 1.05 bits per heavy atom.